The Balaban J connectivity index is 0.000000255. The van der Waals surface area contributed by atoms with Gasteiger partial charge in [0.25, 0.3) is 0 Å². The molecule has 0 aromatic heterocycles. The Kier molecular flexibility index (Phi) is 8.14. The summed E-state index contributed by atoms with van der Waals surface area (Å²) >= 11 is 0. The van der Waals surface area contributed by atoms with Crippen LogP contribution in [0, 0.1) is 0 Å². The Bertz CT molecular complexity index is 212. The molecule has 1 aliphatic carbocycles. The molecule has 0 aromatic carbocycles. The number of unbranched alkanes of at least 4 members (excludes halogenated alkanes) is 2. The molecule has 0 unspecified atom stereocenters. The molecular formula is C12H21NO. The monoisotopic (exact) mass is 195 g/mol. The zero-order valence-corrected chi connectivity index (χ0v) is 9.25. The molecule has 0 saturated carbocycles. The van der Waals surface area contributed by atoms with E-state index in [2.05, 4.69) is 6.92 Å². The summed E-state index contributed by atoms with van der Waals surface area (Å²) in [4.78, 5) is 10.5. The maximum Gasteiger partial charge on any atom is 0.156 e. The van der Waals surface area contributed by atoms with Crippen molar-refractivity contribution in [2.24, 2.45) is 5.73 Å². The Hall–Kier alpha value is -0.890. The summed E-state index contributed by atoms with van der Waals surface area (Å²) in [5.74, 6) is 0.190. The summed E-state index contributed by atoms with van der Waals surface area (Å²) in [6.07, 6.45) is 10.3. The van der Waals surface area contributed by atoms with Crippen LogP contribution in [0.1, 0.15) is 39.5 Å². The van der Waals surface area contributed by atoms with E-state index in [1.807, 2.05) is 18.2 Å². The molecule has 2 heteroatoms. The lowest BCUT2D eigenvalue weighted by Crippen LogP contribution is -1.96. The van der Waals surface area contributed by atoms with Gasteiger partial charge in [0.15, 0.2) is 5.78 Å². The van der Waals surface area contributed by atoms with Gasteiger partial charge in [0.05, 0.1) is 0 Å². The predicted octanol–water partition coefficient (Wildman–Crippen LogP) is 2.60. The molecule has 0 aliphatic heterocycles. The first-order chi connectivity index (χ1) is 6.72. The van der Waals surface area contributed by atoms with Crippen LogP contribution in [0.4, 0.5) is 0 Å². The van der Waals surface area contributed by atoms with Crippen LogP contribution < -0.4 is 5.73 Å². The Morgan fingerprint density at radius 3 is 2.43 bits per heavy atom. The Morgan fingerprint density at radius 2 is 2.21 bits per heavy atom. The van der Waals surface area contributed by atoms with Crippen LogP contribution in [0.5, 0.6) is 0 Å². The maximum atomic E-state index is 10.5. The van der Waals surface area contributed by atoms with E-state index in [4.69, 9.17) is 5.73 Å². The van der Waals surface area contributed by atoms with Crippen molar-refractivity contribution in [1.29, 1.82) is 0 Å². The van der Waals surface area contributed by atoms with E-state index in [1.54, 1.807) is 6.92 Å². The summed E-state index contributed by atoms with van der Waals surface area (Å²) in [6, 6.07) is 0. The van der Waals surface area contributed by atoms with E-state index in [0.717, 1.165) is 18.5 Å². The lowest BCUT2D eigenvalue weighted by molar-refractivity contribution is -0.113. The van der Waals surface area contributed by atoms with Gasteiger partial charge in [0.1, 0.15) is 0 Å². The molecular weight excluding hydrogens is 174 g/mol. The molecule has 14 heavy (non-hydrogen) atoms. The summed E-state index contributed by atoms with van der Waals surface area (Å²) < 4.78 is 0. The number of hydrogen-bond donors (Lipinski definition) is 1. The number of carbonyl (C=O) groups is 1. The minimum Gasteiger partial charge on any atom is -0.330 e. The molecule has 0 radical (unpaired) electrons. The lowest BCUT2D eigenvalue weighted by atomic mass is 10.2. The van der Waals surface area contributed by atoms with Gasteiger partial charge in [-0.15, -0.1) is 0 Å². The van der Waals surface area contributed by atoms with Crippen molar-refractivity contribution in [2.45, 2.75) is 39.5 Å². The topological polar surface area (TPSA) is 43.1 Å². The number of allylic oxidation sites excluding steroid dienone is 4. The van der Waals surface area contributed by atoms with Crippen LogP contribution >= 0.6 is 0 Å². The van der Waals surface area contributed by atoms with Crippen molar-refractivity contribution < 1.29 is 4.79 Å². The molecule has 0 saturated heterocycles. The summed E-state index contributed by atoms with van der Waals surface area (Å²) in [7, 11) is 0. The molecule has 0 amide bonds. The summed E-state index contributed by atoms with van der Waals surface area (Å²) in [5, 5.41) is 0. The van der Waals surface area contributed by atoms with Crippen LogP contribution in [0.25, 0.3) is 0 Å². The highest BCUT2D eigenvalue weighted by Crippen LogP contribution is 2.09. The minimum atomic E-state index is 0.190. The number of carbonyl (C=O) groups excluding carboxylic acids is 1. The molecule has 0 spiro atoms. The Morgan fingerprint density at radius 1 is 1.50 bits per heavy atom. The first kappa shape index (κ1) is 13.1. The molecule has 1 rings (SSSR count). The fourth-order valence-corrected chi connectivity index (χ4v) is 1.10. The van der Waals surface area contributed by atoms with Crippen molar-refractivity contribution in [3.8, 4) is 0 Å². The number of Topliss-reactive ketones (excluding diaryl/α,β-unsaturated/α-hetero) is 1. The van der Waals surface area contributed by atoms with E-state index >= 15 is 0 Å². The summed E-state index contributed by atoms with van der Waals surface area (Å²) in [5.41, 5.74) is 6.14. The minimum absolute atomic E-state index is 0.190. The molecule has 1 aliphatic rings. The van der Waals surface area contributed by atoms with Gasteiger partial charge in [-0.25, -0.2) is 0 Å². The smallest absolute Gasteiger partial charge is 0.156 e. The van der Waals surface area contributed by atoms with Gasteiger partial charge in [-0.05, 0) is 31.9 Å². The van der Waals surface area contributed by atoms with Crippen molar-refractivity contribution in [1.82, 2.24) is 0 Å². The van der Waals surface area contributed by atoms with E-state index in [1.165, 1.54) is 19.3 Å². The lowest BCUT2D eigenvalue weighted by Gasteiger charge is -1.88. The molecule has 0 fully saturated rings. The van der Waals surface area contributed by atoms with E-state index in [-0.39, 0.29) is 5.78 Å². The van der Waals surface area contributed by atoms with Crippen molar-refractivity contribution in [3.05, 3.63) is 23.8 Å². The van der Waals surface area contributed by atoms with Crippen LogP contribution in [0.15, 0.2) is 23.8 Å². The molecule has 0 atom stereocenters. The van der Waals surface area contributed by atoms with Crippen LogP contribution in [-0.2, 0) is 4.79 Å². The summed E-state index contributed by atoms with van der Waals surface area (Å²) in [6.45, 7) is 4.63. The molecule has 0 heterocycles. The normalized spacial score (nSPS) is 13.2. The van der Waals surface area contributed by atoms with Gasteiger partial charge in [-0.1, -0.05) is 38.0 Å². The Labute approximate surface area is 86.9 Å². The third-order valence-corrected chi connectivity index (χ3v) is 2.03. The zero-order chi connectivity index (χ0) is 10.8. The highest BCUT2D eigenvalue weighted by molar-refractivity contribution is 5.94. The fourth-order valence-electron chi connectivity index (χ4n) is 1.10. The number of hydrogen-bond acceptors (Lipinski definition) is 2. The SMILES string of the molecule is CC(=O)C1=CC=CC1.CCCCCN. The molecule has 80 valence electrons. The highest BCUT2D eigenvalue weighted by atomic mass is 16.1. The van der Waals surface area contributed by atoms with Crippen LogP contribution in [0.2, 0.25) is 0 Å². The third kappa shape index (κ3) is 6.61. The van der Waals surface area contributed by atoms with Gasteiger partial charge >= 0.3 is 0 Å². The average molecular weight is 195 g/mol. The molecule has 0 aromatic rings. The second-order valence-electron chi connectivity index (χ2n) is 3.38. The maximum absolute atomic E-state index is 10.5. The quantitative estimate of drug-likeness (QED) is 0.701. The average Bonchev–Trinajstić information content (AvgIpc) is 2.68. The van der Waals surface area contributed by atoms with Gasteiger partial charge in [0, 0.05) is 0 Å². The van der Waals surface area contributed by atoms with Crippen molar-refractivity contribution in [2.75, 3.05) is 6.54 Å². The fraction of sp³-hybridized carbons (Fsp3) is 0.583. The number of ketones is 1. The third-order valence-electron chi connectivity index (χ3n) is 2.03. The van der Waals surface area contributed by atoms with Gasteiger partial charge < -0.3 is 5.73 Å². The van der Waals surface area contributed by atoms with Crippen LogP contribution in [0.3, 0.4) is 0 Å². The molecule has 2 N–H and O–H groups in total. The largest absolute Gasteiger partial charge is 0.330 e. The second kappa shape index (κ2) is 8.70. The van der Waals surface area contributed by atoms with Crippen molar-refractivity contribution >= 4 is 5.78 Å². The standard InChI is InChI=1S/C7H8O.C5H13N/c1-6(8)7-4-2-3-5-7;1-2-3-4-5-6/h2-4H,5H2,1H3;2-6H2,1H3. The zero-order valence-electron chi connectivity index (χ0n) is 9.25. The first-order valence-electron chi connectivity index (χ1n) is 5.29. The predicted molar refractivity (Wildman–Crippen MR) is 61.1 cm³/mol. The number of nitrogens with two attached hydrogens (primary N) is 1. The van der Waals surface area contributed by atoms with E-state index in [9.17, 15) is 4.79 Å². The van der Waals surface area contributed by atoms with Gasteiger partial charge in [-0.3, -0.25) is 4.79 Å². The van der Waals surface area contributed by atoms with Crippen molar-refractivity contribution in [3.63, 3.8) is 0 Å². The second-order valence-corrected chi connectivity index (χ2v) is 3.38. The first-order valence-corrected chi connectivity index (χ1v) is 5.29. The van der Waals surface area contributed by atoms with E-state index in [0.29, 0.717) is 0 Å². The number of rotatable bonds is 4. The highest BCUT2D eigenvalue weighted by Gasteiger charge is 2.02. The molecule has 0 bridgehead atoms. The van der Waals surface area contributed by atoms with Crippen LogP contribution in [-0.4, -0.2) is 12.3 Å². The molecule has 2 nitrogen and oxygen atoms in total. The van der Waals surface area contributed by atoms with E-state index < -0.39 is 0 Å². The van der Waals surface area contributed by atoms with Gasteiger partial charge in [0.2, 0.25) is 0 Å². The van der Waals surface area contributed by atoms with Gasteiger partial charge in [-0.2, -0.15) is 0 Å².